The molecule has 8 heteroatoms. The van der Waals surface area contributed by atoms with Crippen LogP contribution in [-0.2, 0) is 9.53 Å². The minimum absolute atomic E-state index is 0. The van der Waals surface area contributed by atoms with Gasteiger partial charge in [0, 0.05) is 46.2 Å². The number of unbranched alkanes of at least 4 members (excludes halogenated alkanes) is 1. The van der Waals surface area contributed by atoms with E-state index < -0.39 is 0 Å². The number of ether oxygens (including phenoxy) is 1. The van der Waals surface area contributed by atoms with Gasteiger partial charge in [0.05, 0.1) is 17.8 Å². The van der Waals surface area contributed by atoms with Gasteiger partial charge in [-0.15, -0.1) is 24.0 Å². The maximum absolute atomic E-state index is 11.1. The number of halogens is 2. The van der Waals surface area contributed by atoms with E-state index in [9.17, 15) is 4.79 Å². The number of carbonyl (C=O) groups excluding carboxylic acids is 1. The number of anilines is 1. The molecule has 0 spiro atoms. The van der Waals surface area contributed by atoms with Gasteiger partial charge in [0.2, 0.25) is 0 Å². The second-order valence-electron chi connectivity index (χ2n) is 5.93. The first-order chi connectivity index (χ1) is 12.2. The van der Waals surface area contributed by atoms with Crippen LogP contribution >= 0.6 is 35.6 Å². The predicted octanol–water partition coefficient (Wildman–Crippen LogP) is 3.00. The van der Waals surface area contributed by atoms with Gasteiger partial charge in [0.15, 0.2) is 5.96 Å². The first-order valence-electron chi connectivity index (χ1n) is 8.67. The molecule has 0 unspecified atom stereocenters. The fourth-order valence-electron chi connectivity index (χ4n) is 2.90. The Morgan fingerprint density at radius 1 is 1.23 bits per heavy atom. The molecular formula is C18H28ClIN4O2. The monoisotopic (exact) mass is 494 g/mol. The number of esters is 1. The Morgan fingerprint density at radius 2 is 1.92 bits per heavy atom. The fourth-order valence-corrected chi connectivity index (χ4v) is 3.15. The third-order valence-corrected chi connectivity index (χ3v) is 4.62. The number of guanidine groups is 1. The number of benzene rings is 1. The van der Waals surface area contributed by atoms with Gasteiger partial charge >= 0.3 is 5.97 Å². The Morgan fingerprint density at radius 3 is 2.54 bits per heavy atom. The van der Waals surface area contributed by atoms with E-state index in [1.54, 1.807) is 7.05 Å². The van der Waals surface area contributed by atoms with Crippen molar-refractivity contribution in [1.82, 2.24) is 10.2 Å². The maximum Gasteiger partial charge on any atom is 0.305 e. The van der Waals surface area contributed by atoms with Crippen molar-refractivity contribution in [3.8, 4) is 0 Å². The van der Waals surface area contributed by atoms with Crippen molar-refractivity contribution in [3.63, 3.8) is 0 Å². The van der Waals surface area contributed by atoms with Gasteiger partial charge in [-0.1, -0.05) is 23.7 Å². The number of nitrogens with zero attached hydrogens (tertiary/aromatic N) is 3. The Balaban J connectivity index is 0.00000338. The summed E-state index contributed by atoms with van der Waals surface area (Å²) in [4.78, 5) is 20.0. The highest BCUT2D eigenvalue weighted by atomic mass is 127. The Labute approximate surface area is 177 Å². The van der Waals surface area contributed by atoms with Crippen molar-refractivity contribution in [2.24, 2.45) is 4.99 Å². The molecule has 0 saturated carbocycles. The van der Waals surface area contributed by atoms with E-state index in [2.05, 4.69) is 30.9 Å². The van der Waals surface area contributed by atoms with E-state index in [1.807, 2.05) is 18.2 Å². The number of rotatable bonds is 6. The van der Waals surface area contributed by atoms with Crippen LogP contribution in [0.4, 0.5) is 5.69 Å². The van der Waals surface area contributed by atoms with Crippen LogP contribution in [0, 0.1) is 0 Å². The van der Waals surface area contributed by atoms with E-state index in [4.69, 9.17) is 11.6 Å². The largest absolute Gasteiger partial charge is 0.469 e. The predicted molar refractivity (Wildman–Crippen MR) is 118 cm³/mol. The molecule has 1 aromatic carbocycles. The molecule has 1 N–H and O–H groups in total. The van der Waals surface area contributed by atoms with Crippen molar-refractivity contribution in [2.75, 3.05) is 51.8 Å². The Kier molecular flexibility index (Phi) is 10.7. The van der Waals surface area contributed by atoms with Crippen molar-refractivity contribution < 1.29 is 9.53 Å². The number of para-hydroxylation sites is 1. The van der Waals surface area contributed by atoms with Crippen molar-refractivity contribution in [3.05, 3.63) is 29.3 Å². The first-order valence-corrected chi connectivity index (χ1v) is 9.05. The molecule has 0 amide bonds. The number of aliphatic imine (C=N–C) groups is 1. The van der Waals surface area contributed by atoms with Crippen LogP contribution in [0.25, 0.3) is 0 Å². The number of hydrogen-bond donors (Lipinski definition) is 1. The van der Waals surface area contributed by atoms with Gasteiger partial charge in [-0.05, 0) is 25.0 Å². The lowest BCUT2D eigenvalue weighted by atomic mass is 10.2. The smallest absolute Gasteiger partial charge is 0.305 e. The molecule has 1 fully saturated rings. The van der Waals surface area contributed by atoms with E-state index >= 15 is 0 Å². The van der Waals surface area contributed by atoms with Crippen molar-refractivity contribution >= 4 is 53.2 Å². The molecule has 1 saturated heterocycles. The maximum atomic E-state index is 11.1. The second kappa shape index (κ2) is 12.2. The van der Waals surface area contributed by atoms with E-state index in [0.29, 0.717) is 6.42 Å². The van der Waals surface area contributed by atoms with Gasteiger partial charge in [0.1, 0.15) is 0 Å². The number of hydrogen-bond acceptors (Lipinski definition) is 4. The highest BCUT2D eigenvalue weighted by molar-refractivity contribution is 14.0. The summed E-state index contributed by atoms with van der Waals surface area (Å²) in [5, 5.41) is 4.17. The highest BCUT2D eigenvalue weighted by Gasteiger charge is 2.20. The summed E-state index contributed by atoms with van der Waals surface area (Å²) in [6.45, 7) is 4.41. The van der Waals surface area contributed by atoms with Gasteiger partial charge in [0.25, 0.3) is 0 Å². The Hall–Kier alpha value is -1.22. The highest BCUT2D eigenvalue weighted by Crippen LogP contribution is 2.25. The van der Waals surface area contributed by atoms with Crippen LogP contribution in [0.3, 0.4) is 0 Å². The van der Waals surface area contributed by atoms with Crippen LogP contribution in [-0.4, -0.2) is 63.7 Å². The molecule has 0 bridgehead atoms. The second-order valence-corrected chi connectivity index (χ2v) is 6.34. The molecule has 146 valence electrons. The van der Waals surface area contributed by atoms with Crippen LogP contribution in [0.2, 0.25) is 5.02 Å². The third-order valence-electron chi connectivity index (χ3n) is 4.30. The lowest BCUT2D eigenvalue weighted by Crippen LogP contribution is -2.52. The molecule has 1 aliphatic rings. The molecule has 0 atom stereocenters. The van der Waals surface area contributed by atoms with E-state index in [1.165, 1.54) is 7.11 Å². The average Bonchev–Trinajstić information content (AvgIpc) is 2.65. The topological polar surface area (TPSA) is 57.2 Å². The molecule has 2 rings (SSSR count). The summed E-state index contributed by atoms with van der Waals surface area (Å²) >= 11 is 6.29. The number of piperazine rings is 1. The SMILES string of the molecule is CN=C(NCCCCC(=O)OC)N1CCN(c2ccccc2Cl)CC1.I. The summed E-state index contributed by atoms with van der Waals surface area (Å²) in [5.74, 6) is 0.761. The number of carbonyl (C=O) groups is 1. The summed E-state index contributed by atoms with van der Waals surface area (Å²) < 4.78 is 4.64. The molecule has 0 aliphatic carbocycles. The number of methoxy groups -OCH3 is 1. The lowest BCUT2D eigenvalue weighted by molar-refractivity contribution is -0.140. The zero-order valence-corrected chi connectivity index (χ0v) is 18.5. The van der Waals surface area contributed by atoms with Gasteiger partial charge in [-0.25, -0.2) is 0 Å². The number of nitrogens with one attached hydrogen (secondary N) is 1. The molecule has 1 aliphatic heterocycles. The van der Waals surface area contributed by atoms with E-state index in [-0.39, 0.29) is 29.9 Å². The summed E-state index contributed by atoms with van der Waals surface area (Å²) in [5.41, 5.74) is 1.09. The Bertz CT molecular complexity index is 592. The van der Waals surface area contributed by atoms with E-state index in [0.717, 1.165) is 62.2 Å². The summed E-state index contributed by atoms with van der Waals surface area (Å²) in [6.07, 6.45) is 2.19. The summed E-state index contributed by atoms with van der Waals surface area (Å²) in [7, 11) is 3.22. The van der Waals surface area contributed by atoms with Crippen molar-refractivity contribution in [1.29, 1.82) is 0 Å². The molecular weight excluding hydrogens is 467 g/mol. The normalized spacial score (nSPS) is 14.7. The standard InChI is InChI=1S/C18H27ClN4O2.HI/c1-20-18(21-10-6-5-9-17(24)25-2)23-13-11-22(12-14-23)16-8-4-3-7-15(16)19;/h3-4,7-8H,5-6,9-14H2,1-2H3,(H,20,21);1H. The quantitative estimate of drug-likeness (QED) is 0.217. The molecule has 26 heavy (non-hydrogen) atoms. The molecule has 1 aromatic rings. The summed E-state index contributed by atoms with van der Waals surface area (Å²) in [6, 6.07) is 7.96. The fraction of sp³-hybridized carbons (Fsp3) is 0.556. The van der Waals surface area contributed by atoms with Crippen LogP contribution in [0.5, 0.6) is 0 Å². The lowest BCUT2D eigenvalue weighted by Gasteiger charge is -2.38. The van der Waals surface area contributed by atoms with Gasteiger partial charge in [-0.3, -0.25) is 9.79 Å². The first kappa shape index (κ1) is 22.8. The van der Waals surface area contributed by atoms with Gasteiger partial charge in [-0.2, -0.15) is 0 Å². The van der Waals surface area contributed by atoms with Crippen LogP contribution in [0.1, 0.15) is 19.3 Å². The van der Waals surface area contributed by atoms with Crippen LogP contribution < -0.4 is 10.2 Å². The average molecular weight is 495 g/mol. The molecule has 0 radical (unpaired) electrons. The van der Waals surface area contributed by atoms with Gasteiger partial charge < -0.3 is 19.9 Å². The van der Waals surface area contributed by atoms with Crippen molar-refractivity contribution in [2.45, 2.75) is 19.3 Å². The zero-order valence-electron chi connectivity index (χ0n) is 15.4. The minimum atomic E-state index is -0.153. The molecule has 0 aromatic heterocycles. The van der Waals surface area contributed by atoms with Crippen LogP contribution in [0.15, 0.2) is 29.3 Å². The minimum Gasteiger partial charge on any atom is -0.469 e. The molecule has 1 heterocycles. The third kappa shape index (κ3) is 6.83. The molecule has 6 nitrogen and oxygen atoms in total. The zero-order chi connectivity index (χ0) is 18.1.